The van der Waals surface area contributed by atoms with Crippen molar-refractivity contribution in [3.63, 3.8) is 0 Å². The standard InChI is InChI=1S/C14H26Si2/c1-11-9-12(2)14(13(3)10-11)16(7,8)15(4,5)6/h9-10H,1-8H3. The molecular formula is C14H26Si2. The Morgan fingerprint density at radius 2 is 1.12 bits per heavy atom. The monoisotopic (exact) mass is 250 g/mol. The zero-order valence-corrected chi connectivity index (χ0v) is 14.2. The maximum Gasteiger partial charge on any atom is 0.0743 e. The van der Waals surface area contributed by atoms with Crippen molar-refractivity contribution in [2.24, 2.45) is 0 Å². The first-order valence-corrected chi connectivity index (χ1v) is 13.7. The van der Waals surface area contributed by atoms with E-state index in [1.54, 1.807) is 5.19 Å². The van der Waals surface area contributed by atoms with Gasteiger partial charge in [-0.25, -0.2) is 0 Å². The Kier molecular flexibility index (Phi) is 3.56. The Hall–Kier alpha value is -0.346. The first kappa shape index (κ1) is 13.7. The molecule has 1 aromatic rings. The van der Waals surface area contributed by atoms with E-state index in [0.29, 0.717) is 0 Å². The van der Waals surface area contributed by atoms with Crippen molar-refractivity contribution in [1.29, 1.82) is 0 Å². The molecule has 0 fully saturated rings. The Balaban J connectivity index is 3.45. The molecule has 90 valence electrons. The fourth-order valence-electron chi connectivity index (χ4n) is 2.54. The first-order chi connectivity index (χ1) is 7.07. The molecular weight excluding hydrogens is 224 g/mol. The normalized spacial score (nSPS) is 13.0. The van der Waals surface area contributed by atoms with Crippen LogP contribution in [0.2, 0.25) is 32.7 Å². The van der Waals surface area contributed by atoms with Crippen LogP contribution in [0.4, 0.5) is 0 Å². The van der Waals surface area contributed by atoms with Gasteiger partial charge >= 0.3 is 0 Å². The number of benzene rings is 1. The van der Waals surface area contributed by atoms with Crippen LogP contribution in [0.25, 0.3) is 0 Å². The highest BCUT2D eigenvalue weighted by Gasteiger charge is 2.39. The fourth-order valence-corrected chi connectivity index (χ4v) is 8.84. The molecule has 16 heavy (non-hydrogen) atoms. The van der Waals surface area contributed by atoms with Crippen LogP contribution in [0.1, 0.15) is 16.7 Å². The molecule has 0 saturated heterocycles. The van der Waals surface area contributed by atoms with Crippen LogP contribution in [-0.2, 0) is 0 Å². The van der Waals surface area contributed by atoms with E-state index in [2.05, 4.69) is 65.6 Å². The van der Waals surface area contributed by atoms with Crippen molar-refractivity contribution in [3.05, 3.63) is 28.8 Å². The van der Waals surface area contributed by atoms with Gasteiger partial charge in [0.15, 0.2) is 0 Å². The van der Waals surface area contributed by atoms with E-state index in [0.717, 1.165) is 0 Å². The van der Waals surface area contributed by atoms with Gasteiger partial charge in [0.2, 0.25) is 0 Å². The Morgan fingerprint density at radius 1 is 0.750 bits per heavy atom. The number of hydrogen-bond donors (Lipinski definition) is 0. The van der Waals surface area contributed by atoms with Gasteiger partial charge < -0.3 is 0 Å². The maximum atomic E-state index is 2.56. The highest BCUT2D eigenvalue weighted by atomic mass is 29.3. The van der Waals surface area contributed by atoms with Crippen molar-refractivity contribution in [2.45, 2.75) is 53.5 Å². The zero-order valence-electron chi connectivity index (χ0n) is 12.2. The number of hydrogen-bond acceptors (Lipinski definition) is 0. The van der Waals surface area contributed by atoms with Gasteiger partial charge in [0.1, 0.15) is 0 Å². The molecule has 0 heterocycles. The largest absolute Gasteiger partial charge is 0.0743 e. The summed E-state index contributed by atoms with van der Waals surface area (Å²) in [6.45, 7) is 19.5. The summed E-state index contributed by atoms with van der Waals surface area (Å²) in [5.41, 5.74) is 4.45. The van der Waals surface area contributed by atoms with Crippen LogP contribution in [0.3, 0.4) is 0 Å². The first-order valence-electron chi connectivity index (χ1n) is 6.15. The summed E-state index contributed by atoms with van der Waals surface area (Å²) < 4.78 is 0. The molecule has 0 unspecified atom stereocenters. The van der Waals surface area contributed by atoms with Crippen molar-refractivity contribution in [1.82, 2.24) is 0 Å². The molecule has 0 amide bonds. The lowest BCUT2D eigenvalue weighted by atomic mass is 10.1. The SMILES string of the molecule is Cc1cc(C)c([Si](C)(C)[Si](C)(C)C)c(C)c1. The highest BCUT2D eigenvalue weighted by Crippen LogP contribution is 2.22. The summed E-state index contributed by atoms with van der Waals surface area (Å²) >= 11 is 0. The van der Waals surface area contributed by atoms with Gasteiger partial charge in [-0.15, -0.1) is 0 Å². The molecule has 1 rings (SSSR count). The van der Waals surface area contributed by atoms with Gasteiger partial charge in [-0.2, -0.15) is 0 Å². The van der Waals surface area contributed by atoms with Crippen LogP contribution in [0.5, 0.6) is 0 Å². The van der Waals surface area contributed by atoms with Gasteiger partial charge in [0.25, 0.3) is 0 Å². The van der Waals surface area contributed by atoms with Crippen LogP contribution in [0.15, 0.2) is 12.1 Å². The second-order valence-electron chi connectivity index (χ2n) is 6.65. The summed E-state index contributed by atoms with van der Waals surface area (Å²) in [4.78, 5) is 0. The minimum Gasteiger partial charge on any atom is -0.0712 e. The molecule has 0 aliphatic rings. The average molecular weight is 251 g/mol. The minimum atomic E-state index is -1.25. The summed E-state index contributed by atoms with van der Waals surface area (Å²) in [5, 5.41) is 1.72. The van der Waals surface area contributed by atoms with Crippen molar-refractivity contribution < 1.29 is 0 Å². The Labute approximate surface area is 103 Å². The smallest absolute Gasteiger partial charge is 0.0712 e. The van der Waals surface area contributed by atoms with Crippen LogP contribution >= 0.6 is 0 Å². The average Bonchev–Trinajstić information content (AvgIpc) is 1.97. The Morgan fingerprint density at radius 3 is 1.44 bits per heavy atom. The lowest BCUT2D eigenvalue weighted by molar-refractivity contribution is 1.34. The van der Waals surface area contributed by atoms with Gasteiger partial charge in [-0.05, 0) is 20.8 Å². The predicted octanol–water partition coefficient (Wildman–Crippen LogP) is 3.94. The van der Waals surface area contributed by atoms with E-state index in [4.69, 9.17) is 0 Å². The van der Waals surface area contributed by atoms with Crippen LogP contribution in [0, 0.1) is 20.8 Å². The summed E-state index contributed by atoms with van der Waals surface area (Å²) in [6.07, 6.45) is 0. The third kappa shape index (κ3) is 2.33. The zero-order chi connectivity index (χ0) is 12.7. The molecule has 0 aromatic heterocycles. The van der Waals surface area contributed by atoms with E-state index in [9.17, 15) is 0 Å². The summed E-state index contributed by atoms with van der Waals surface area (Å²) in [7, 11) is -2.32. The molecule has 0 N–H and O–H groups in total. The molecule has 0 nitrogen and oxygen atoms in total. The fraction of sp³-hybridized carbons (Fsp3) is 0.571. The topological polar surface area (TPSA) is 0 Å². The van der Waals surface area contributed by atoms with Crippen molar-refractivity contribution in [3.8, 4) is 0 Å². The van der Waals surface area contributed by atoms with E-state index >= 15 is 0 Å². The van der Waals surface area contributed by atoms with Gasteiger partial charge in [-0.1, -0.05) is 66.7 Å². The maximum absolute atomic E-state index is 2.56. The summed E-state index contributed by atoms with van der Waals surface area (Å²) in [5.74, 6) is 0. The molecule has 0 radical (unpaired) electrons. The summed E-state index contributed by atoms with van der Waals surface area (Å²) in [6, 6.07) is 4.72. The van der Waals surface area contributed by atoms with Crippen molar-refractivity contribution >= 4 is 20.4 Å². The van der Waals surface area contributed by atoms with Gasteiger partial charge in [-0.3, -0.25) is 0 Å². The van der Waals surface area contributed by atoms with Crippen LogP contribution < -0.4 is 5.19 Å². The van der Waals surface area contributed by atoms with Crippen molar-refractivity contribution in [2.75, 3.05) is 0 Å². The van der Waals surface area contributed by atoms with Gasteiger partial charge in [0.05, 0.1) is 7.59 Å². The molecule has 0 aliphatic heterocycles. The van der Waals surface area contributed by atoms with E-state index in [-0.39, 0.29) is 0 Å². The molecule has 0 spiro atoms. The predicted molar refractivity (Wildman–Crippen MR) is 81.1 cm³/mol. The highest BCUT2D eigenvalue weighted by molar-refractivity contribution is 7.45. The minimum absolute atomic E-state index is 1.07. The molecule has 0 atom stereocenters. The molecule has 0 bridgehead atoms. The third-order valence-corrected chi connectivity index (χ3v) is 22.0. The lowest BCUT2D eigenvalue weighted by Gasteiger charge is -2.38. The number of aryl methyl sites for hydroxylation is 3. The molecule has 0 saturated carbocycles. The second kappa shape index (κ2) is 4.15. The molecule has 1 aromatic carbocycles. The van der Waals surface area contributed by atoms with Gasteiger partial charge in [0, 0.05) is 7.59 Å². The lowest BCUT2D eigenvalue weighted by Crippen LogP contribution is -2.62. The quantitative estimate of drug-likeness (QED) is 0.697. The van der Waals surface area contributed by atoms with E-state index in [1.165, 1.54) is 16.7 Å². The number of rotatable bonds is 2. The van der Waals surface area contributed by atoms with E-state index in [1.807, 2.05) is 0 Å². The third-order valence-electron chi connectivity index (χ3n) is 4.18. The Bertz CT molecular complexity index is 375. The van der Waals surface area contributed by atoms with E-state index < -0.39 is 15.2 Å². The molecule has 0 aliphatic carbocycles. The van der Waals surface area contributed by atoms with Crippen LogP contribution in [-0.4, -0.2) is 15.2 Å². The second-order valence-corrected chi connectivity index (χ2v) is 23.1. The molecule has 2 heteroatoms.